The summed E-state index contributed by atoms with van der Waals surface area (Å²) in [6, 6.07) is 3.77. The molecule has 0 aromatic rings. The molecule has 0 fully saturated rings. The minimum absolute atomic E-state index is 0.789. The van der Waals surface area contributed by atoms with Gasteiger partial charge >= 0.3 is 0 Å². The highest BCUT2D eigenvalue weighted by molar-refractivity contribution is 7.73. The topological polar surface area (TPSA) is 86.4 Å². The Labute approximate surface area is 76.5 Å². The molecule has 0 spiro atoms. The lowest BCUT2D eigenvalue weighted by molar-refractivity contribution is 0.436. The van der Waals surface area contributed by atoms with Gasteiger partial charge in [0.1, 0.15) is 0 Å². The first kappa shape index (κ1) is 9.47. The van der Waals surface area contributed by atoms with Crippen LogP contribution in [0, 0.1) is 0 Å². The first-order valence-corrected chi connectivity index (χ1v) is 4.31. The minimum Gasteiger partial charge on any atom is -0.750 e. The van der Waals surface area contributed by atoms with E-state index in [4.69, 9.17) is 30.6 Å². The summed E-state index contributed by atoms with van der Waals surface area (Å²) in [5.74, 6) is 0. The summed E-state index contributed by atoms with van der Waals surface area (Å²) in [6.45, 7) is 0. The van der Waals surface area contributed by atoms with Gasteiger partial charge in [0.15, 0.2) is 0 Å². The predicted octanol–water partition coefficient (Wildman–Crippen LogP) is 1.24. The largest absolute Gasteiger partial charge is 0.750 e. The standard InChI is InChI=1S/C6H4ClN.H2O3S/c7-5-2-6(8)4-1-3(4)5;1-4(2)3/h1-2H,8H2;(H2,1,2,3)/p-1. The number of nitrogen functional groups attached to an aromatic ring is 1. The first-order chi connectivity index (χ1) is 5.52. The van der Waals surface area contributed by atoms with Crippen molar-refractivity contribution in [1.29, 1.82) is 0 Å². The van der Waals surface area contributed by atoms with Crippen molar-refractivity contribution in [2.45, 2.75) is 0 Å². The van der Waals surface area contributed by atoms with Gasteiger partial charge in [-0.3, -0.25) is 0 Å². The molecule has 0 saturated carbocycles. The molecule has 0 bridgehead atoms. The lowest BCUT2D eigenvalue weighted by Crippen LogP contribution is -1.76. The maximum absolute atomic E-state index is 8.56. The highest BCUT2D eigenvalue weighted by atomic mass is 35.5. The zero-order chi connectivity index (χ0) is 9.30. The summed E-state index contributed by atoms with van der Waals surface area (Å²) < 4.78 is 24.1. The average Bonchev–Trinajstić information content (AvgIpc) is 2.57. The fourth-order valence-electron chi connectivity index (χ4n) is 0.837. The molecule has 6 heteroatoms. The fraction of sp³-hybridized carbons (Fsp3) is 0. The number of fused-ring (bicyclic) bond motifs is 1. The van der Waals surface area contributed by atoms with Gasteiger partial charge in [-0.15, -0.1) is 0 Å². The summed E-state index contributed by atoms with van der Waals surface area (Å²) in [5.41, 5.74) is 8.55. The van der Waals surface area contributed by atoms with Gasteiger partial charge in [0, 0.05) is 16.8 Å². The maximum atomic E-state index is 8.56. The molecule has 0 aromatic carbocycles. The van der Waals surface area contributed by atoms with E-state index in [0.717, 1.165) is 21.8 Å². The van der Waals surface area contributed by atoms with Gasteiger partial charge in [0.25, 0.3) is 0 Å². The number of nitrogens with two attached hydrogens (primary N) is 1. The minimum atomic E-state index is -2.86. The predicted molar refractivity (Wildman–Crippen MR) is 46.4 cm³/mol. The van der Waals surface area contributed by atoms with E-state index in [9.17, 15) is 0 Å². The molecule has 4 nitrogen and oxygen atoms in total. The van der Waals surface area contributed by atoms with Gasteiger partial charge < -0.3 is 14.8 Å². The molecule has 2 rings (SSSR count). The van der Waals surface area contributed by atoms with Crippen LogP contribution in [0.5, 0.6) is 0 Å². The number of hydrogen-bond acceptors (Lipinski definition) is 3. The molecule has 2 aliphatic carbocycles. The van der Waals surface area contributed by atoms with E-state index in [1.54, 1.807) is 6.07 Å². The molecule has 3 N–H and O–H groups in total. The number of anilines is 1. The quantitative estimate of drug-likeness (QED) is 0.502. The zero-order valence-electron chi connectivity index (χ0n) is 5.78. The van der Waals surface area contributed by atoms with Crippen LogP contribution in [0.2, 0.25) is 5.02 Å². The van der Waals surface area contributed by atoms with Crippen LogP contribution < -0.4 is 5.73 Å². The van der Waals surface area contributed by atoms with Crippen LogP contribution in [-0.2, 0) is 11.4 Å². The molecular weight excluding hydrogens is 202 g/mol. The lowest BCUT2D eigenvalue weighted by atomic mass is 10.5. The maximum Gasteiger partial charge on any atom is 0.0814 e. The van der Waals surface area contributed by atoms with Crippen LogP contribution in [0.3, 0.4) is 0 Å². The van der Waals surface area contributed by atoms with Gasteiger partial charge in [0.2, 0.25) is 0 Å². The third-order valence-electron chi connectivity index (χ3n) is 1.35. The second-order valence-corrected chi connectivity index (χ2v) is 2.98. The number of rotatable bonds is 0. The highest BCUT2D eigenvalue weighted by Crippen LogP contribution is 2.46. The average molecular weight is 207 g/mol. The molecular formula is C6H5ClNO3S-. The third-order valence-corrected chi connectivity index (χ3v) is 1.66. The van der Waals surface area contributed by atoms with Crippen molar-refractivity contribution in [1.82, 2.24) is 0 Å². The van der Waals surface area contributed by atoms with Crippen molar-refractivity contribution < 1.29 is 13.3 Å². The van der Waals surface area contributed by atoms with Crippen molar-refractivity contribution in [2.75, 3.05) is 5.73 Å². The summed E-state index contributed by atoms with van der Waals surface area (Å²) in [5, 5.41) is 0.789. The van der Waals surface area contributed by atoms with E-state index >= 15 is 0 Å². The summed E-state index contributed by atoms with van der Waals surface area (Å²) in [7, 11) is 0. The number of benzene rings is 1. The van der Waals surface area contributed by atoms with Crippen LogP contribution in [-0.4, -0.2) is 13.3 Å². The van der Waals surface area contributed by atoms with Crippen LogP contribution in [0.1, 0.15) is 0 Å². The fourth-order valence-corrected chi connectivity index (χ4v) is 1.11. The van der Waals surface area contributed by atoms with Gasteiger partial charge in [0.05, 0.1) is 16.4 Å². The van der Waals surface area contributed by atoms with Crippen LogP contribution in [0.15, 0.2) is 12.1 Å². The van der Waals surface area contributed by atoms with Crippen LogP contribution in [0.25, 0.3) is 11.1 Å². The molecule has 0 amide bonds. The lowest BCUT2D eigenvalue weighted by Gasteiger charge is -1.83. The van der Waals surface area contributed by atoms with Crippen molar-refractivity contribution in [3.8, 4) is 11.1 Å². The van der Waals surface area contributed by atoms with Crippen molar-refractivity contribution in [3.63, 3.8) is 0 Å². The normalized spacial score (nSPS) is 12.9. The zero-order valence-corrected chi connectivity index (χ0v) is 7.35. The van der Waals surface area contributed by atoms with Gasteiger partial charge in [-0.1, -0.05) is 11.6 Å². The van der Waals surface area contributed by atoms with Crippen LogP contribution in [0.4, 0.5) is 5.69 Å². The monoisotopic (exact) mass is 206 g/mol. The Morgan fingerprint density at radius 3 is 2.08 bits per heavy atom. The highest BCUT2D eigenvalue weighted by Gasteiger charge is 2.20. The van der Waals surface area contributed by atoms with E-state index in [-0.39, 0.29) is 0 Å². The molecule has 0 aromatic heterocycles. The van der Waals surface area contributed by atoms with Crippen molar-refractivity contribution in [2.24, 2.45) is 0 Å². The first-order valence-electron chi connectivity index (χ1n) is 2.90. The molecule has 0 heterocycles. The van der Waals surface area contributed by atoms with Crippen molar-refractivity contribution >= 4 is 28.6 Å². The molecule has 66 valence electrons. The Hall–Kier alpha value is -0.620. The Morgan fingerprint density at radius 2 is 2.00 bits per heavy atom. The molecule has 0 radical (unpaired) electrons. The summed E-state index contributed by atoms with van der Waals surface area (Å²) in [4.78, 5) is 0. The van der Waals surface area contributed by atoms with E-state index in [0.29, 0.717) is 0 Å². The Bertz CT molecular complexity index is 315. The SMILES string of the molecule is Nc1cc(Cl)c2cc1-2.O=S([O-])O. The van der Waals surface area contributed by atoms with Gasteiger partial charge in [-0.2, -0.15) is 0 Å². The molecule has 12 heavy (non-hydrogen) atoms. The van der Waals surface area contributed by atoms with E-state index in [1.165, 1.54) is 0 Å². The Kier molecular flexibility index (Phi) is 2.69. The second-order valence-electron chi connectivity index (χ2n) is 2.14. The van der Waals surface area contributed by atoms with Gasteiger partial charge in [-0.25, -0.2) is 4.21 Å². The smallest absolute Gasteiger partial charge is 0.0814 e. The van der Waals surface area contributed by atoms with Crippen LogP contribution >= 0.6 is 11.6 Å². The Morgan fingerprint density at radius 1 is 1.50 bits per heavy atom. The Balaban J connectivity index is 0.000000157. The number of hydrogen-bond donors (Lipinski definition) is 2. The molecule has 0 aliphatic heterocycles. The van der Waals surface area contributed by atoms with E-state index in [1.807, 2.05) is 6.07 Å². The van der Waals surface area contributed by atoms with E-state index in [2.05, 4.69) is 0 Å². The van der Waals surface area contributed by atoms with Crippen molar-refractivity contribution in [3.05, 3.63) is 17.2 Å². The van der Waals surface area contributed by atoms with Gasteiger partial charge in [-0.05, 0) is 12.1 Å². The molecule has 1 atom stereocenters. The van der Waals surface area contributed by atoms with E-state index < -0.39 is 11.4 Å². The molecule has 1 unspecified atom stereocenters. The summed E-state index contributed by atoms with van der Waals surface area (Å²) >= 11 is 2.81. The summed E-state index contributed by atoms with van der Waals surface area (Å²) in [6.07, 6.45) is 0. The number of halogens is 1. The second kappa shape index (κ2) is 3.40. The molecule has 0 saturated heterocycles. The third kappa shape index (κ3) is 2.18. The molecule has 2 aliphatic rings.